The third kappa shape index (κ3) is 6.22. The average molecular weight is 549 g/mol. The number of sulfonamides is 1. The van der Waals surface area contributed by atoms with Gasteiger partial charge in [-0.1, -0.05) is 13.3 Å². The van der Waals surface area contributed by atoms with E-state index in [1.165, 1.54) is 46.8 Å². The quantitative estimate of drug-likeness (QED) is 0.486. The molecule has 0 spiro atoms. The number of benzene rings is 1. The lowest BCUT2D eigenvalue weighted by Gasteiger charge is -2.27. The van der Waals surface area contributed by atoms with Crippen LogP contribution >= 0.6 is 11.3 Å². The summed E-state index contributed by atoms with van der Waals surface area (Å²) in [4.78, 5) is 43.0. The number of unbranched alkanes of at least 4 members (excludes halogenated alkanes) is 1. The van der Waals surface area contributed by atoms with E-state index < -0.39 is 15.9 Å². The number of thiophene rings is 1. The van der Waals surface area contributed by atoms with E-state index in [2.05, 4.69) is 5.32 Å². The number of nitrogens with one attached hydrogen (secondary N) is 1. The Morgan fingerprint density at radius 3 is 2.30 bits per heavy atom. The van der Waals surface area contributed by atoms with Gasteiger partial charge in [-0.3, -0.25) is 14.4 Å². The van der Waals surface area contributed by atoms with Gasteiger partial charge in [0.05, 0.1) is 17.0 Å². The third-order valence-corrected chi connectivity index (χ3v) is 9.65. The first-order valence-corrected chi connectivity index (χ1v) is 14.9. The Hall–Kier alpha value is -2.76. The second-order valence-corrected chi connectivity index (χ2v) is 12.2. The van der Waals surface area contributed by atoms with E-state index in [1.54, 1.807) is 16.8 Å². The van der Waals surface area contributed by atoms with Crippen LogP contribution in [0.5, 0.6) is 0 Å². The Labute approximate surface area is 223 Å². The van der Waals surface area contributed by atoms with Gasteiger partial charge >= 0.3 is 0 Å². The minimum atomic E-state index is -3.64. The topological polar surface area (TPSA) is 107 Å². The van der Waals surface area contributed by atoms with E-state index >= 15 is 0 Å². The normalized spacial score (nSPS) is 13.4. The molecule has 0 radical (unpaired) electrons. The number of nitrogens with zero attached hydrogens (tertiary/aromatic N) is 3. The largest absolute Gasteiger partial charge is 0.339 e. The van der Waals surface area contributed by atoms with Crippen LogP contribution in [0.2, 0.25) is 0 Å². The van der Waals surface area contributed by atoms with Crippen LogP contribution in [0, 0.1) is 0 Å². The Kier molecular flexibility index (Phi) is 9.49. The highest BCUT2D eigenvalue weighted by Gasteiger charge is 2.31. The molecule has 1 N–H and O–H groups in total. The fraction of sp³-hybridized carbons (Fsp3) is 0.500. The van der Waals surface area contributed by atoms with E-state index in [9.17, 15) is 22.8 Å². The second kappa shape index (κ2) is 12.2. The number of fused-ring (bicyclic) bond motifs is 1. The van der Waals surface area contributed by atoms with Crippen LogP contribution < -0.4 is 5.32 Å². The number of amides is 3. The van der Waals surface area contributed by atoms with Gasteiger partial charge in [0, 0.05) is 50.6 Å². The van der Waals surface area contributed by atoms with Crippen molar-refractivity contribution in [1.29, 1.82) is 0 Å². The molecule has 9 nitrogen and oxygen atoms in total. The van der Waals surface area contributed by atoms with Gasteiger partial charge in [-0.2, -0.15) is 0 Å². The molecule has 0 saturated heterocycles. The highest BCUT2D eigenvalue weighted by Crippen LogP contribution is 2.38. The average Bonchev–Trinajstić information content (AvgIpc) is 3.24. The van der Waals surface area contributed by atoms with E-state index in [0.717, 1.165) is 23.3 Å². The van der Waals surface area contributed by atoms with Gasteiger partial charge in [-0.15, -0.1) is 11.3 Å². The predicted molar refractivity (Wildman–Crippen MR) is 145 cm³/mol. The summed E-state index contributed by atoms with van der Waals surface area (Å²) < 4.78 is 26.9. The van der Waals surface area contributed by atoms with Gasteiger partial charge in [0.1, 0.15) is 5.00 Å². The first-order valence-electron chi connectivity index (χ1n) is 12.6. The van der Waals surface area contributed by atoms with Gasteiger partial charge in [0.25, 0.3) is 11.8 Å². The number of hydrogen-bond acceptors (Lipinski definition) is 6. The molecule has 2 aromatic rings. The monoisotopic (exact) mass is 548 g/mol. The smallest absolute Gasteiger partial charge is 0.257 e. The standard InChI is InChI=1S/C26H36N4O5S2/c1-6-9-15-28(5)37(34,35)20-12-10-19(11-13-20)24(32)27-25-23(26(33)29(7-2)8-3)21-14-16-30(18(4)31)17-22(21)36-25/h10-13H,6-9,14-17H2,1-5H3,(H,27,32). The van der Waals surface area contributed by atoms with Crippen molar-refractivity contribution < 1.29 is 22.8 Å². The second-order valence-electron chi connectivity index (χ2n) is 9.03. The van der Waals surface area contributed by atoms with Gasteiger partial charge in [-0.05, 0) is 56.5 Å². The van der Waals surface area contributed by atoms with Crippen LogP contribution in [-0.2, 0) is 27.8 Å². The van der Waals surface area contributed by atoms with Crippen molar-refractivity contribution in [2.75, 3.05) is 38.5 Å². The van der Waals surface area contributed by atoms with Crippen molar-refractivity contribution >= 4 is 44.1 Å². The van der Waals surface area contributed by atoms with Crippen LogP contribution in [0.1, 0.15) is 71.7 Å². The molecule has 1 aliphatic rings. The summed E-state index contributed by atoms with van der Waals surface area (Å²) in [6.45, 7) is 9.76. The predicted octanol–water partition coefficient (Wildman–Crippen LogP) is 3.81. The Balaban J connectivity index is 1.89. The molecule has 0 saturated carbocycles. The summed E-state index contributed by atoms with van der Waals surface area (Å²) in [5.74, 6) is -0.610. The summed E-state index contributed by atoms with van der Waals surface area (Å²) in [5.41, 5.74) is 1.65. The summed E-state index contributed by atoms with van der Waals surface area (Å²) in [5, 5.41) is 3.34. The molecule has 37 heavy (non-hydrogen) atoms. The number of hydrogen-bond donors (Lipinski definition) is 1. The number of anilines is 1. The zero-order chi connectivity index (χ0) is 27.3. The van der Waals surface area contributed by atoms with Crippen LogP contribution in [0.15, 0.2) is 29.2 Å². The number of carbonyl (C=O) groups is 3. The molecule has 0 bridgehead atoms. The minimum absolute atomic E-state index is 0.0309. The first-order chi connectivity index (χ1) is 17.5. The maximum Gasteiger partial charge on any atom is 0.257 e. The molecule has 1 aliphatic heterocycles. The zero-order valence-electron chi connectivity index (χ0n) is 22.2. The van der Waals surface area contributed by atoms with Gasteiger partial charge in [0.2, 0.25) is 15.9 Å². The molecule has 0 aliphatic carbocycles. The molecule has 0 unspecified atom stereocenters. The van der Waals surface area contributed by atoms with Crippen molar-refractivity contribution in [2.24, 2.45) is 0 Å². The molecule has 1 aromatic heterocycles. The molecule has 0 fully saturated rings. The Morgan fingerprint density at radius 1 is 1.08 bits per heavy atom. The molecule has 11 heteroatoms. The molecule has 2 heterocycles. The lowest BCUT2D eigenvalue weighted by Crippen LogP contribution is -2.35. The number of rotatable bonds is 10. The molecule has 202 valence electrons. The van der Waals surface area contributed by atoms with Gasteiger partial charge < -0.3 is 15.1 Å². The maximum absolute atomic E-state index is 13.4. The summed E-state index contributed by atoms with van der Waals surface area (Å²) >= 11 is 1.32. The van der Waals surface area contributed by atoms with E-state index in [4.69, 9.17) is 0 Å². The highest BCUT2D eigenvalue weighted by atomic mass is 32.2. The number of carbonyl (C=O) groups excluding carboxylic acids is 3. The van der Waals surface area contributed by atoms with Crippen LogP contribution in [0.3, 0.4) is 0 Å². The van der Waals surface area contributed by atoms with Crippen LogP contribution in [-0.4, -0.2) is 73.5 Å². The maximum atomic E-state index is 13.4. The van der Waals surface area contributed by atoms with Crippen molar-refractivity contribution in [2.45, 2.75) is 58.4 Å². The van der Waals surface area contributed by atoms with Crippen molar-refractivity contribution in [3.8, 4) is 0 Å². The van der Waals surface area contributed by atoms with Crippen LogP contribution in [0.25, 0.3) is 0 Å². The highest BCUT2D eigenvalue weighted by molar-refractivity contribution is 7.89. The van der Waals surface area contributed by atoms with E-state index in [-0.39, 0.29) is 22.3 Å². The molecular weight excluding hydrogens is 512 g/mol. The van der Waals surface area contributed by atoms with E-state index in [0.29, 0.717) is 49.7 Å². The Bertz CT molecular complexity index is 1250. The summed E-state index contributed by atoms with van der Waals surface area (Å²) in [6.07, 6.45) is 2.19. The van der Waals surface area contributed by atoms with Gasteiger partial charge in [0.15, 0.2) is 0 Å². The molecular formula is C26H36N4O5S2. The Morgan fingerprint density at radius 2 is 1.73 bits per heavy atom. The van der Waals surface area contributed by atoms with E-state index in [1.807, 2.05) is 20.8 Å². The summed E-state index contributed by atoms with van der Waals surface area (Å²) in [7, 11) is -2.09. The van der Waals surface area contributed by atoms with Crippen molar-refractivity contribution in [3.05, 3.63) is 45.8 Å². The fourth-order valence-electron chi connectivity index (χ4n) is 4.29. The van der Waals surface area contributed by atoms with Gasteiger partial charge in [-0.25, -0.2) is 12.7 Å². The lowest BCUT2D eigenvalue weighted by molar-refractivity contribution is -0.129. The SMILES string of the molecule is CCCCN(C)S(=O)(=O)c1ccc(C(=O)Nc2sc3c(c2C(=O)N(CC)CC)CCN(C(C)=O)C3)cc1. The molecule has 0 atom stereocenters. The molecule has 3 amide bonds. The van der Waals surface area contributed by atoms with Crippen LogP contribution in [0.4, 0.5) is 5.00 Å². The fourth-order valence-corrected chi connectivity index (χ4v) is 6.75. The van der Waals surface area contributed by atoms with Crippen molar-refractivity contribution in [3.63, 3.8) is 0 Å². The molecule has 3 rings (SSSR count). The molecule has 1 aromatic carbocycles. The first kappa shape index (κ1) is 28.8. The zero-order valence-corrected chi connectivity index (χ0v) is 23.8. The third-order valence-electron chi connectivity index (χ3n) is 6.65. The van der Waals surface area contributed by atoms with Crippen molar-refractivity contribution in [1.82, 2.24) is 14.1 Å². The lowest BCUT2D eigenvalue weighted by atomic mass is 10.0. The summed E-state index contributed by atoms with van der Waals surface area (Å²) in [6, 6.07) is 5.82. The minimum Gasteiger partial charge on any atom is -0.339 e.